The van der Waals surface area contributed by atoms with E-state index < -0.39 is 40.7 Å². The third-order valence-electron chi connectivity index (χ3n) is 13.3. The van der Waals surface area contributed by atoms with Crippen LogP contribution in [0.25, 0.3) is 0 Å². The molecular weight excluding hydrogens is 440 g/mol. The molecule has 0 spiro atoms. The van der Waals surface area contributed by atoms with Crippen molar-refractivity contribution in [2.75, 3.05) is 6.61 Å². The van der Waals surface area contributed by atoms with Crippen LogP contribution >= 0.6 is 0 Å². The molecule has 0 aromatic carbocycles. The van der Waals surface area contributed by atoms with Gasteiger partial charge in [-0.15, -0.1) is 0 Å². The Balaban J connectivity index is 1.66. The molecule has 5 N–H and O–H groups in total. The third-order valence-corrected chi connectivity index (χ3v) is 13.3. The summed E-state index contributed by atoms with van der Waals surface area (Å²) >= 11 is 0. The lowest BCUT2D eigenvalue weighted by atomic mass is 9.32. The first-order valence-corrected chi connectivity index (χ1v) is 14.1. The first-order valence-electron chi connectivity index (χ1n) is 14.1. The maximum Gasteiger partial charge on any atom is 0.0643 e. The maximum absolute atomic E-state index is 12.0. The van der Waals surface area contributed by atoms with Gasteiger partial charge in [0.05, 0.1) is 31.0 Å². The summed E-state index contributed by atoms with van der Waals surface area (Å²) in [6, 6.07) is 0. The summed E-state index contributed by atoms with van der Waals surface area (Å²) in [5.41, 5.74) is -0.995. The number of hydrogen-bond acceptors (Lipinski definition) is 5. The molecule has 5 heteroatoms. The molecule has 0 aliphatic heterocycles. The van der Waals surface area contributed by atoms with Crippen LogP contribution < -0.4 is 0 Å². The third kappa shape index (κ3) is 3.00. The predicted octanol–water partition coefficient (Wildman–Crippen LogP) is 4.05. The SMILES string of the molecule is CC1(C)C[C@@H](O)[C@]2(C)C[C@H](O)[C@]3(C)C(=CC[C@@H]4[C@@]5(C)CC[C@H](O)[C@](C)(CO)[C@@H]5C[C@H](O)[C@]43C)[C@@H]2C1. The molecule has 5 aliphatic carbocycles. The number of fused-ring (bicyclic) bond motifs is 7. The van der Waals surface area contributed by atoms with E-state index in [4.69, 9.17) is 0 Å². The van der Waals surface area contributed by atoms with E-state index >= 15 is 0 Å². The molecule has 0 heterocycles. The molecule has 4 saturated carbocycles. The van der Waals surface area contributed by atoms with Gasteiger partial charge in [0.15, 0.2) is 0 Å². The monoisotopic (exact) mass is 490 g/mol. The standard InChI is InChI=1S/C30H50O5/c1-25(2)13-18-17-8-9-19-26(3)11-10-21(32)28(5,16-31)20(26)12-22(33)30(19,7)29(17,6)24(35)15-27(18,4)23(34)14-25/h8,18-24,31-35H,9-16H2,1-7H3/t18-,19+,20+,21-,22-,23+,24-,26+,27+,28+,29-,30-/m0/s1. The van der Waals surface area contributed by atoms with Gasteiger partial charge in [0.2, 0.25) is 0 Å². The van der Waals surface area contributed by atoms with Crippen molar-refractivity contribution in [3.8, 4) is 0 Å². The highest BCUT2D eigenvalue weighted by atomic mass is 16.3. The zero-order valence-corrected chi connectivity index (χ0v) is 23.0. The zero-order chi connectivity index (χ0) is 26.0. The van der Waals surface area contributed by atoms with Crippen molar-refractivity contribution in [2.24, 2.45) is 50.2 Å². The van der Waals surface area contributed by atoms with Crippen molar-refractivity contribution >= 4 is 0 Å². The van der Waals surface area contributed by atoms with Gasteiger partial charge in [-0.25, -0.2) is 0 Å². The van der Waals surface area contributed by atoms with E-state index in [0.717, 1.165) is 25.7 Å². The van der Waals surface area contributed by atoms with Gasteiger partial charge >= 0.3 is 0 Å². The topological polar surface area (TPSA) is 101 Å². The molecule has 12 atom stereocenters. The molecule has 0 aromatic rings. The van der Waals surface area contributed by atoms with E-state index in [1.54, 1.807) is 0 Å². The molecule has 0 saturated heterocycles. The lowest BCUT2D eigenvalue weighted by Crippen LogP contribution is -2.72. The zero-order valence-electron chi connectivity index (χ0n) is 23.0. The van der Waals surface area contributed by atoms with Gasteiger partial charge in [-0.2, -0.15) is 0 Å². The molecule has 0 bridgehead atoms. The minimum Gasteiger partial charge on any atom is -0.396 e. The summed E-state index contributed by atoms with van der Waals surface area (Å²) in [6.07, 6.45) is 5.24. The summed E-state index contributed by atoms with van der Waals surface area (Å²) in [5, 5.41) is 56.6. The Morgan fingerprint density at radius 2 is 1.43 bits per heavy atom. The summed E-state index contributed by atoms with van der Waals surface area (Å²) in [7, 11) is 0. The van der Waals surface area contributed by atoms with Crippen LogP contribution in [-0.2, 0) is 0 Å². The molecule has 5 aliphatic rings. The molecule has 200 valence electrons. The quantitative estimate of drug-likeness (QED) is 0.357. The van der Waals surface area contributed by atoms with Crippen molar-refractivity contribution in [1.29, 1.82) is 0 Å². The van der Waals surface area contributed by atoms with Crippen LogP contribution in [0.2, 0.25) is 0 Å². The minimum absolute atomic E-state index is 0.0109. The van der Waals surface area contributed by atoms with Gasteiger partial charge in [0.25, 0.3) is 0 Å². The highest BCUT2D eigenvalue weighted by Crippen LogP contribution is 2.75. The van der Waals surface area contributed by atoms with Crippen molar-refractivity contribution in [3.63, 3.8) is 0 Å². The van der Waals surface area contributed by atoms with Crippen molar-refractivity contribution in [1.82, 2.24) is 0 Å². The molecule has 0 amide bonds. The molecule has 5 nitrogen and oxygen atoms in total. The van der Waals surface area contributed by atoms with E-state index in [-0.39, 0.29) is 40.6 Å². The van der Waals surface area contributed by atoms with Gasteiger partial charge < -0.3 is 25.5 Å². The van der Waals surface area contributed by atoms with E-state index in [1.807, 2.05) is 6.92 Å². The lowest BCUT2D eigenvalue weighted by Gasteiger charge is -2.73. The maximum atomic E-state index is 12.0. The second-order valence-corrected chi connectivity index (χ2v) is 15.3. The fraction of sp³-hybridized carbons (Fsp3) is 0.933. The van der Waals surface area contributed by atoms with E-state index in [2.05, 4.69) is 47.6 Å². The van der Waals surface area contributed by atoms with Crippen LogP contribution in [-0.4, -0.2) is 56.6 Å². The van der Waals surface area contributed by atoms with Gasteiger partial charge in [0.1, 0.15) is 0 Å². The highest BCUT2D eigenvalue weighted by Gasteiger charge is 2.73. The Morgan fingerprint density at radius 1 is 0.771 bits per heavy atom. The molecular formula is C30H50O5. The van der Waals surface area contributed by atoms with E-state index in [1.165, 1.54) is 5.57 Å². The second-order valence-electron chi connectivity index (χ2n) is 15.3. The van der Waals surface area contributed by atoms with Crippen LogP contribution in [0, 0.1) is 50.2 Å². The second kappa shape index (κ2) is 7.56. The van der Waals surface area contributed by atoms with Gasteiger partial charge in [-0.1, -0.05) is 60.1 Å². The van der Waals surface area contributed by atoms with Crippen molar-refractivity contribution < 1.29 is 25.5 Å². The van der Waals surface area contributed by atoms with Crippen LogP contribution in [0.15, 0.2) is 11.6 Å². The Kier molecular flexibility index (Phi) is 5.65. The summed E-state index contributed by atoms with van der Waals surface area (Å²) in [4.78, 5) is 0. The smallest absolute Gasteiger partial charge is 0.0643 e. The van der Waals surface area contributed by atoms with Crippen molar-refractivity contribution in [3.05, 3.63) is 11.6 Å². The van der Waals surface area contributed by atoms with Gasteiger partial charge in [-0.05, 0) is 73.5 Å². The molecule has 0 aromatic heterocycles. The number of hydrogen-bond donors (Lipinski definition) is 5. The number of allylic oxidation sites excluding steroid dienone is 1. The molecule has 0 radical (unpaired) electrons. The normalized spacial score (nSPS) is 59.4. The van der Waals surface area contributed by atoms with Crippen molar-refractivity contribution in [2.45, 2.75) is 118 Å². The highest BCUT2D eigenvalue weighted by molar-refractivity contribution is 5.37. The van der Waals surface area contributed by atoms with E-state index in [0.29, 0.717) is 19.3 Å². The average Bonchev–Trinajstić information content (AvgIpc) is 2.76. The largest absolute Gasteiger partial charge is 0.396 e. The molecule has 4 fully saturated rings. The van der Waals surface area contributed by atoms with Crippen LogP contribution in [0.1, 0.15) is 93.4 Å². The summed E-state index contributed by atoms with van der Waals surface area (Å²) in [6.45, 7) is 15.3. The fourth-order valence-corrected chi connectivity index (χ4v) is 10.8. The summed E-state index contributed by atoms with van der Waals surface area (Å²) < 4.78 is 0. The first kappa shape index (κ1) is 26.2. The Morgan fingerprint density at radius 3 is 2.06 bits per heavy atom. The summed E-state index contributed by atoms with van der Waals surface area (Å²) in [5.74, 6) is 0.328. The van der Waals surface area contributed by atoms with Gasteiger partial charge in [0, 0.05) is 21.7 Å². The number of aliphatic hydroxyl groups excluding tert-OH is 5. The van der Waals surface area contributed by atoms with E-state index in [9.17, 15) is 25.5 Å². The predicted molar refractivity (Wildman–Crippen MR) is 136 cm³/mol. The fourth-order valence-electron chi connectivity index (χ4n) is 10.8. The first-order chi connectivity index (χ1) is 16.0. The molecule has 0 unspecified atom stereocenters. The van der Waals surface area contributed by atoms with Gasteiger partial charge in [-0.3, -0.25) is 0 Å². The van der Waals surface area contributed by atoms with Crippen LogP contribution in [0.3, 0.4) is 0 Å². The Bertz CT molecular complexity index is 914. The number of rotatable bonds is 1. The Labute approximate surface area is 212 Å². The van der Waals surface area contributed by atoms with Crippen LogP contribution in [0.5, 0.6) is 0 Å². The Hall–Kier alpha value is -0.460. The number of aliphatic hydroxyl groups is 5. The molecule has 5 rings (SSSR count). The molecule has 35 heavy (non-hydrogen) atoms. The minimum atomic E-state index is -0.646. The average molecular weight is 491 g/mol. The van der Waals surface area contributed by atoms with Crippen LogP contribution in [0.4, 0.5) is 0 Å². The lowest BCUT2D eigenvalue weighted by molar-refractivity contribution is -0.270.